The molecule has 0 saturated heterocycles. The van der Waals surface area contributed by atoms with Crippen LogP contribution < -0.4 is 4.31 Å². The van der Waals surface area contributed by atoms with Gasteiger partial charge in [0.25, 0.3) is 10.0 Å². The van der Waals surface area contributed by atoms with Gasteiger partial charge in [-0.1, -0.05) is 60.2 Å². The number of carbonyl (C=O) groups is 1. The van der Waals surface area contributed by atoms with Crippen molar-refractivity contribution in [3.05, 3.63) is 101 Å². The van der Waals surface area contributed by atoms with Crippen LogP contribution in [0.3, 0.4) is 0 Å². The number of rotatable bonds is 7. The molecule has 0 saturated carbocycles. The molecular formula is C23H20FNO3S. The Hall–Kier alpha value is -3.25. The van der Waals surface area contributed by atoms with Gasteiger partial charge < -0.3 is 0 Å². The summed E-state index contributed by atoms with van der Waals surface area (Å²) in [5.41, 5.74) is 1.88. The summed E-state index contributed by atoms with van der Waals surface area (Å²) in [7, 11) is -3.92. The van der Waals surface area contributed by atoms with Crippen LogP contribution >= 0.6 is 0 Å². The zero-order valence-corrected chi connectivity index (χ0v) is 16.6. The summed E-state index contributed by atoms with van der Waals surface area (Å²) in [4.78, 5) is 11.3. The molecule has 3 aromatic rings. The lowest BCUT2D eigenvalue weighted by molar-refractivity contribution is 0.112. The molecule has 0 aliphatic rings. The highest BCUT2D eigenvalue weighted by molar-refractivity contribution is 7.92. The minimum Gasteiger partial charge on any atom is -0.298 e. The summed E-state index contributed by atoms with van der Waals surface area (Å²) in [6, 6.07) is 19.6. The Morgan fingerprint density at radius 2 is 1.66 bits per heavy atom. The van der Waals surface area contributed by atoms with Crippen LogP contribution in [0.2, 0.25) is 0 Å². The molecule has 0 spiro atoms. The molecule has 6 heteroatoms. The lowest BCUT2D eigenvalue weighted by Gasteiger charge is -2.23. The predicted molar refractivity (Wildman–Crippen MR) is 113 cm³/mol. The maximum atomic E-state index is 13.8. The number of benzene rings is 3. The van der Waals surface area contributed by atoms with Crippen LogP contribution in [-0.2, 0) is 10.0 Å². The van der Waals surface area contributed by atoms with Gasteiger partial charge in [-0.25, -0.2) is 12.8 Å². The van der Waals surface area contributed by atoms with E-state index in [0.717, 1.165) is 21.5 Å². The summed E-state index contributed by atoms with van der Waals surface area (Å²) in [6.45, 7) is 1.89. The molecular weight excluding hydrogens is 389 g/mol. The van der Waals surface area contributed by atoms with E-state index >= 15 is 0 Å². The quantitative estimate of drug-likeness (QED) is 0.524. The van der Waals surface area contributed by atoms with Crippen LogP contribution in [0.25, 0.3) is 6.08 Å². The van der Waals surface area contributed by atoms with Gasteiger partial charge >= 0.3 is 0 Å². The fraction of sp³-hybridized carbons (Fsp3) is 0.0870. The standard InChI is InChI=1S/C23H20FNO3S/c1-18-9-12-22(13-10-18)29(27,28)25(15-5-8-19-6-3-2-4-7-19)21-11-14-23(24)20(16-21)17-26/h2-14,16-17H,15H2,1H3/b8-5+. The highest BCUT2D eigenvalue weighted by Gasteiger charge is 2.24. The number of hydrogen-bond donors (Lipinski definition) is 0. The lowest BCUT2D eigenvalue weighted by Crippen LogP contribution is -2.31. The first kappa shape index (κ1) is 20.5. The Bertz CT molecular complexity index is 1120. The third-order valence-corrected chi connectivity index (χ3v) is 6.19. The van der Waals surface area contributed by atoms with Gasteiger partial charge in [0, 0.05) is 0 Å². The van der Waals surface area contributed by atoms with Crippen molar-refractivity contribution in [3.63, 3.8) is 0 Å². The fourth-order valence-corrected chi connectivity index (χ4v) is 4.21. The molecule has 0 bridgehead atoms. The number of halogens is 1. The number of nitrogens with zero attached hydrogens (tertiary/aromatic N) is 1. The first-order chi connectivity index (χ1) is 13.9. The summed E-state index contributed by atoms with van der Waals surface area (Å²) in [5.74, 6) is -0.698. The van der Waals surface area contributed by atoms with Crippen molar-refractivity contribution in [2.24, 2.45) is 0 Å². The second-order valence-electron chi connectivity index (χ2n) is 6.49. The van der Waals surface area contributed by atoms with E-state index in [1.54, 1.807) is 18.2 Å². The van der Waals surface area contributed by atoms with Crippen molar-refractivity contribution < 1.29 is 17.6 Å². The Kier molecular flexibility index (Phi) is 6.24. The third kappa shape index (κ3) is 4.78. The lowest BCUT2D eigenvalue weighted by atomic mass is 10.2. The maximum absolute atomic E-state index is 13.8. The number of aldehydes is 1. The predicted octanol–water partition coefficient (Wildman–Crippen LogP) is 4.86. The van der Waals surface area contributed by atoms with E-state index in [4.69, 9.17) is 0 Å². The molecule has 0 aliphatic heterocycles. The van der Waals surface area contributed by atoms with Gasteiger partial charge in [0.2, 0.25) is 0 Å². The molecule has 0 atom stereocenters. The van der Waals surface area contributed by atoms with E-state index in [-0.39, 0.29) is 22.7 Å². The van der Waals surface area contributed by atoms with Crippen LogP contribution in [-0.4, -0.2) is 21.2 Å². The van der Waals surface area contributed by atoms with Gasteiger partial charge in [0.15, 0.2) is 6.29 Å². The fourth-order valence-electron chi connectivity index (χ4n) is 2.81. The summed E-state index contributed by atoms with van der Waals surface area (Å²) in [5, 5.41) is 0. The van der Waals surface area contributed by atoms with Crippen molar-refractivity contribution in [3.8, 4) is 0 Å². The first-order valence-electron chi connectivity index (χ1n) is 8.97. The van der Waals surface area contributed by atoms with Crippen molar-refractivity contribution in [2.45, 2.75) is 11.8 Å². The van der Waals surface area contributed by atoms with Crippen LogP contribution in [0.4, 0.5) is 10.1 Å². The van der Waals surface area contributed by atoms with Crippen LogP contribution in [0.15, 0.2) is 83.8 Å². The number of sulfonamides is 1. The molecule has 0 unspecified atom stereocenters. The summed E-state index contributed by atoms with van der Waals surface area (Å²) < 4.78 is 41.5. The SMILES string of the molecule is Cc1ccc(S(=O)(=O)N(C/C=C/c2ccccc2)c2ccc(F)c(C=O)c2)cc1. The average molecular weight is 409 g/mol. The molecule has 0 amide bonds. The molecule has 148 valence electrons. The van der Waals surface area contributed by atoms with Crippen LogP contribution in [0, 0.1) is 12.7 Å². The van der Waals surface area contributed by atoms with E-state index in [1.165, 1.54) is 24.3 Å². The number of hydrogen-bond acceptors (Lipinski definition) is 3. The average Bonchev–Trinajstić information content (AvgIpc) is 2.73. The number of anilines is 1. The molecule has 0 aromatic heterocycles. The van der Waals surface area contributed by atoms with Crippen LogP contribution in [0.1, 0.15) is 21.5 Å². The van der Waals surface area contributed by atoms with Crippen molar-refractivity contribution in [2.75, 3.05) is 10.8 Å². The van der Waals surface area contributed by atoms with Gasteiger partial charge in [-0.3, -0.25) is 9.10 Å². The minimum absolute atomic E-state index is 0.0229. The largest absolute Gasteiger partial charge is 0.298 e. The molecule has 29 heavy (non-hydrogen) atoms. The Morgan fingerprint density at radius 1 is 0.966 bits per heavy atom. The van der Waals surface area contributed by atoms with Gasteiger partial charge in [-0.2, -0.15) is 0 Å². The van der Waals surface area contributed by atoms with E-state index < -0.39 is 15.8 Å². The second-order valence-corrected chi connectivity index (χ2v) is 8.35. The number of carbonyl (C=O) groups excluding carboxylic acids is 1. The first-order valence-corrected chi connectivity index (χ1v) is 10.4. The van der Waals surface area contributed by atoms with Gasteiger partial charge in [0.05, 0.1) is 22.7 Å². The highest BCUT2D eigenvalue weighted by atomic mass is 32.2. The van der Waals surface area contributed by atoms with E-state index in [1.807, 2.05) is 43.3 Å². The Balaban J connectivity index is 2.02. The van der Waals surface area contributed by atoms with Crippen molar-refractivity contribution in [1.82, 2.24) is 0 Å². The van der Waals surface area contributed by atoms with Crippen molar-refractivity contribution >= 4 is 28.1 Å². The molecule has 0 radical (unpaired) electrons. The van der Waals surface area contributed by atoms with Crippen molar-refractivity contribution in [1.29, 1.82) is 0 Å². The van der Waals surface area contributed by atoms with E-state index in [9.17, 15) is 17.6 Å². The summed E-state index contributed by atoms with van der Waals surface area (Å²) in [6.07, 6.45) is 3.89. The van der Waals surface area contributed by atoms with Gasteiger partial charge in [-0.15, -0.1) is 0 Å². The molecule has 4 nitrogen and oxygen atoms in total. The third-order valence-electron chi connectivity index (χ3n) is 4.38. The van der Waals surface area contributed by atoms with Gasteiger partial charge in [-0.05, 0) is 42.8 Å². The number of aryl methyl sites for hydroxylation is 1. The molecule has 0 heterocycles. The maximum Gasteiger partial charge on any atom is 0.264 e. The highest BCUT2D eigenvalue weighted by Crippen LogP contribution is 2.26. The molecule has 0 fully saturated rings. The summed E-state index contributed by atoms with van der Waals surface area (Å²) >= 11 is 0. The van der Waals surface area contributed by atoms with E-state index in [2.05, 4.69) is 0 Å². The Morgan fingerprint density at radius 3 is 2.31 bits per heavy atom. The zero-order valence-electron chi connectivity index (χ0n) is 15.8. The minimum atomic E-state index is -3.92. The molecule has 3 aromatic carbocycles. The second kappa shape index (κ2) is 8.84. The molecule has 3 rings (SSSR count). The molecule has 0 aliphatic carbocycles. The topological polar surface area (TPSA) is 54.5 Å². The van der Waals surface area contributed by atoms with E-state index in [0.29, 0.717) is 6.29 Å². The smallest absolute Gasteiger partial charge is 0.264 e. The zero-order chi connectivity index (χ0) is 20.9. The normalized spacial score (nSPS) is 11.5. The monoisotopic (exact) mass is 409 g/mol. The van der Waals surface area contributed by atoms with Gasteiger partial charge in [0.1, 0.15) is 5.82 Å². The Labute approximate surface area is 170 Å². The van der Waals surface area contributed by atoms with Crippen LogP contribution in [0.5, 0.6) is 0 Å². The molecule has 0 N–H and O–H groups in total.